The van der Waals surface area contributed by atoms with Gasteiger partial charge in [0.15, 0.2) is 18.0 Å². The molecule has 2 aliphatic heterocycles. The second kappa shape index (κ2) is 8.39. The first-order valence-corrected chi connectivity index (χ1v) is 9.63. The molecular weight excluding hydrogens is 358 g/mol. The summed E-state index contributed by atoms with van der Waals surface area (Å²) >= 11 is 0. The zero-order valence-electron chi connectivity index (χ0n) is 16.1. The Kier molecular flexibility index (Phi) is 5.53. The van der Waals surface area contributed by atoms with E-state index in [1.807, 2.05) is 30.3 Å². The van der Waals surface area contributed by atoms with E-state index in [4.69, 9.17) is 14.2 Å². The number of fused-ring (bicyclic) bond motifs is 1. The highest BCUT2D eigenvalue weighted by Crippen LogP contribution is 2.32. The van der Waals surface area contributed by atoms with Crippen molar-refractivity contribution in [3.05, 3.63) is 42.5 Å². The van der Waals surface area contributed by atoms with Crippen LogP contribution in [0.4, 0.5) is 11.4 Å². The lowest BCUT2D eigenvalue weighted by Crippen LogP contribution is -3.15. The molecule has 1 saturated heterocycles. The number of rotatable bonds is 5. The van der Waals surface area contributed by atoms with Crippen molar-refractivity contribution < 1.29 is 23.9 Å². The van der Waals surface area contributed by atoms with Gasteiger partial charge in [-0.15, -0.1) is 0 Å². The van der Waals surface area contributed by atoms with Crippen molar-refractivity contribution in [1.29, 1.82) is 0 Å². The minimum atomic E-state index is 0.0153. The molecule has 2 aromatic rings. The SMILES string of the molecule is COc1cccc(N2CC[NH+](CC(=O)Nc3ccc4c(c3)OCCO4)CC2)c1. The normalized spacial score (nSPS) is 16.5. The van der Waals surface area contributed by atoms with Crippen LogP contribution >= 0.6 is 0 Å². The molecule has 0 saturated carbocycles. The van der Waals surface area contributed by atoms with Crippen LogP contribution in [-0.4, -0.2) is 59.0 Å². The van der Waals surface area contributed by atoms with Gasteiger partial charge in [-0.2, -0.15) is 0 Å². The third kappa shape index (κ3) is 4.31. The molecule has 28 heavy (non-hydrogen) atoms. The van der Waals surface area contributed by atoms with Crippen LogP contribution in [0.2, 0.25) is 0 Å². The summed E-state index contributed by atoms with van der Waals surface area (Å²) in [5.74, 6) is 2.29. The first-order valence-electron chi connectivity index (χ1n) is 9.63. The molecule has 7 heteroatoms. The van der Waals surface area contributed by atoms with Gasteiger partial charge in [-0.25, -0.2) is 0 Å². The number of benzene rings is 2. The molecule has 2 aliphatic rings. The fraction of sp³-hybridized carbons (Fsp3) is 0.381. The van der Waals surface area contributed by atoms with Gasteiger partial charge in [0.1, 0.15) is 19.0 Å². The molecule has 1 amide bonds. The van der Waals surface area contributed by atoms with Crippen molar-refractivity contribution in [2.45, 2.75) is 0 Å². The van der Waals surface area contributed by atoms with Crippen LogP contribution in [0.1, 0.15) is 0 Å². The van der Waals surface area contributed by atoms with E-state index in [0.29, 0.717) is 25.5 Å². The van der Waals surface area contributed by atoms with E-state index in [1.54, 1.807) is 7.11 Å². The van der Waals surface area contributed by atoms with E-state index in [9.17, 15) is 4.79 Å². The van der Waals surface area contributed by atoms with Gasteiger partial charge in [0.25, 0.3) is 5.91 Å². The van der Waals surface area contributed by atoms with E-state index < -0.39 is 0 Å². The summed E-state index contributed by atoms with van der Waals surface area (Å²) in [5.41, 5.74) is 1.91. The fourth-order valence-corrected chi connectivity index (χ4v) is 3.62. The predicted molar refractivity (Wildman–Crippen MR) is 107 cm³/mol. The topological polar surface area (TPSA) is 64.5 Å². The maximum atomic E-state index is 12.4. The van der Waals surface area contributed by atoms with Gasteiger partial charge in [-0.05, 0) is 24.3 Å². The molecule has 0 unspecified atom stereocenters. The van der Waals surface area contributed by atoms with E-state index in [0.717, 1.165) is 43.4 Å². The molecule has 0 atom stereocenters. The van der Waals surface area contributed by atoms with E-state index >= 15 is 0 Å². The molecule has 0 aromatic heterocycles. The molecule has 0 bridgehead atoms. The third-order valence-corrected chi connectivity index (χ3v) is 5.13. The average molecular weight is 384 g/mol. The van der Waals surface area contributed by atoms with E-state index in [-0.39, 0.29) is 5.91 Å². The summed E-state index contributed by atoms with van der Waals surface area (Å²) in [7, 11) is 1.68. The quantitative estimate of drug-likeness (QED) is 0.799. The Balaban J connectivity index is 1.28. The molecule has 2 aromatic carbocycles. The molecule has 0 radical (unpaired) electrons. The summed E-state index contributed by atoms with van der Waals surface area (Å²) in [4.78, 5) is 16.1. The van der Waals surface area contributed by atoms with Crippen molar-refractivity contribution in [2.24, 2.45) is 0 Å². The maximum absolute atomic E-state index is 12.4. The number of anilines is 2. The van der Waals surface area contributed by atoms with Crippen LogP contribution in [0.15, 0.2) is 42.5 Å². The van der Waals surface area contributed by atoms with Gasteiger partial charge in [0.05, 0.1) is 33.3 Å². The monoisotopic (exact) mass is 384 g/mol. The van der Waals surface area contributed by atoms with Gasteiger partial charge in [-0.1, -0.05) is 6.07 Å². The largest absolute Gasteiger partial charge is 0.497 e. The highest BCUT2D eigenvalue weighted by atomic mass is 16.6. The Morgan fingerprint density at radius 3 is 2.68 bits per heavy atom. The molecule has 2 N–H and O–H groups in total. The Labute approximate surface area is 164 Å². The smallest absolute Gasteiger partial charge is 0.279 e. The van der Waals surface area contributed by atoms with Crippen molar-refractivity contribution in [1.82, 2.24) is 0 Å². The van der Waals surface area contributed by atoms with Crippen molar-refractivity contribution in [2.75, 3.05) is 63.3 Å². The van der Waals surface area contributed by atoms with Gasteiger partial charge in [-0.3, -0.25) is 4.79 Å². The number of nitrogens with one attached hydrogen (secondary N) is 2. The Morgan fingerprint density at radius 1 is 1.11 bits per heavy atom. The second-order valence-corrected chi connectivity index (χ2v) is 7.02. The minimum absolute atomic E-state index is 0.0153. The second-order valence-electron chi connectivity index (χ2n) is 7.02. The number of hydrogen-bond acceptors (Lipinski definition) is 5. The average Bonchev–Trinajstić information content (AvgIpc) is 2.74. The Hall–Kier alpha value is -2.93. The lowest BCUT2D eigenvalue weighted by Gasteiger charge is -2.33. The molecule has 7 nitrogen and oxygen atoms in total. The van der Waals surface area contributed by atoms with Crippen molar-refractivity contribution in [3.8, 4) is 17.2 Å². The van der Waals surface area contributed by atoms with Crippen molar-refractivity contribution >= 4 is 17.3 Å². The number of carbonyl (C=O) groups excluding carboxylic acids is 1. The lowest BCUT2D eigenvalue weighted by molar-refractivity contribution is -0.892. The van der Waals surface area contributed by atoms with Crippen LogP contribution in [0.3, 0.4) is 0 Å². The zero-order chi connectivity index (χ0) is 19.3. The Bertz CT molecular complexity index is 834. The molecule has 148 valence electrons. The van der Waals surface area contributed by atoms with Crippen LogP contribution in [0.5, 0.6) is 17.2 Å². The van der Waals surface area contributed by atoms with Crippen LogP contribution < -0.4 is 29.3 Å². The summed E-state index contributed by atoms with van der Waals surface area (Å²) in [6.07, 6.45) is 0. The number of hydrogen-bond donors (Lipinski definition) is 2. The van der Waals surface area contributed by atoms with Gasteiger partial charge < -0.3 is 29.3 Å². The molecular formula is C21H26N3O4+. The summed E-state index contributed by atoms with van der Waals surface area (Å²) in [6, 6.07) is 13.6. The number of ether oxygens (including phenoxy) is 3. The summed E-state index contributed by atoms with van der Waals surface area (Å²) in [6.45, 7) is 5.23. The summed E-state index contributed by atoms with van der Waals surface area (Å²) < 4.78 is 16.4. The Morgan fingerprint density at radius 2 is 1.89 bits per heavy atom. The molecule has 2 heterocycles. The predicted octanol–water partition coefficient (Wildman–Crippen LogP) is 0.810. The number of methoxy groups -OCH3 is 1. The highest BCUT2D eigenvalue weighted by molar-refractivity contribution is 5.91. The van der Waals surface area contributed by atoms with Gasteiger partial charge in [0.2, 0.25) is 0 Å². The number of amides is 1. The molecule has 4 rings (SSSR count). The molecule has 0 spiro atoms. The first-order chi connectivity index (χ1) is 13.7. The van der Waals surface area contributed by atoms with E-state index in [1.165, 1.54) is 10.6 Å². The van der Waals surface area contributed by atoms with Gasteiger partial charge >= 0.3 is 0 Å². The maximum Gasteiger partial charge on any atom is 0.279 e. The third-order valence-electron chi connectivity index (χ3n) is 5.13. The van der Waals surface area contributed by atoms with Crippen LogP contribution in [0.25, 0.3) is 0 Å². The number of carbonyl (C=O) groups is 1. The lowest BCUT2D eigenvalue weighted by atomic mass is 10.2. The number of quaternary nitrogens is 1. The van der Waals surface area contributed by atoms with Gasteiger partial charge in [0, 0.05) is 23.5 Å². The van der Waals surface area contributed by atoms with Crippen LogP contribution in [-0.2, 0) is 4.79 Å². The van der Waals surface area contributed by atoms with E-state index in [2.05, 4.69) is 22.3 Å². The minimum Gasteiger partial charge on any atom is -0.497 e. The van der Waals surface area contributed by atoms with Crippen molar-refractivity contribution in [3.63, 3.8) is 0 Å². The highest BCUT2D eigenvalue weighted by Gasteiger charge is 2.23. The molecule has 1 fully saturated rings. The first kappa shape index (κ1) is 18.4. The van der Waals surface area contributed by atoms with Crippen LogP contribution in [0, 0.1) is 0 Å². The standard InChI is InChI=1S/C21H25N3O4/c1-26-18-4-2-3-17(14-18)24-9-7-23(8-10-24)15-21(25)22-16-5-6-19-20(13-16)28-12-11-27-19/h2-6,13-14H,7-12,15H2,1H3,(H,22,25)/p+1. The zero-order valence-corrected chi connectivity index (χ0v) is 16.1. The summed E-state index contributed by atoms with van der Waals surface area (Å²) in [5, 5.41) is 2.97. The number of piperazine rings is 1. The fourth-order valence-electron chi connectivity index (χ4n) is 3.62. The molecule has 0 aliphatic carbocycles. The number of nitrogens with zero attached hydrogens (tertiary/aromatic N) is 1.